The quantitative estimate of drug-likeness (QED) is 0.607. The SMILES string of the molecule is N#Cc1cnccc1C1C=CCC1. The van der Waals surface area contributed by atoms with E-state index >= 15 is 0 Å². The van der Waals surface area contributed by atoms with Crippen molar-refractivity contribution in [2.75, 3.05) is 0 Å². The molecule has 2 nitrogen and oxygen atoms in total. The van der Waals surface area contributed by atoms with Gasteiger partial charge < -0.3 is 0 Å². The molecule has 0 N–H and O–H groups in total. The van der Waals surface area contributed by atoms with Crippen LogP contribution in [0.5, 0.6) is 0 Å². The van der Waals surface area contributed by atoms with Crippen molar-refractivity contribution >= 4 is 0 Å². The van der Waals surface area contributed by atoms with Crippen molar-refractivity contribution in [1.82, 2.24) is 4.98 Å². The monoisotopic (exact) mass is 170 g/mol. The molecule has 64 valence electrons. The summed E-state index contributed by atoms with van der Waals surface area (Å²) >= 11 is 0. The Bertz CT molecular complexity index is 374. The minimum Gasteiger partial charge on any atom is -0.263 e. The Kier molecular flexibility index (Phi) is 2.09. The zero-order chi connectivity index (χ0) is 9.10. The lowest BCUT2D eigenvalue weighted by Gasteiger charge is -2.08. The molecular weight excluding hydrogens is 160 g/mol. The van der Waals surface area contributed by atoms with Crippen LogP contribution < -0.4 is 0 Å². The Balaban J connectivity index is 2.39. The predicted octanol–water partition coefficient (Wildman–Crippen LogP) is 2.39. The fourth-order valence-corrected chi connectivity index (χ4v) is 1.71. The van der Waals surface area contributed by atoms with Crippen molar-refractivity contribution in [2.45, 2.75) is 18.8 Å². The highest BCUT2D eigenvalue weighted by atomic mass is 14.6. The smallest absolute Gasteiger partial charge is 0.101 e. The second-order valence-corrected chi connectivity index (χ2v) is 3.19. The predicted molar refractivity (Wildman–Crippen MR) is 50.1 cm³/mol. The maximum absolute atomic E-state index is 8.86. The summed E-state index contributed by atoms with van der Waals surface area (Å²) in [6.45, 7) is 0. The van der Waals surface area contributed by atoms with E-state index in [0.29, 0.717) is 11.5 Å². The van der Waals surface area contributed by atoms with E-state index in [-0.39, 0.29) is 0 Å². The molecule has 1 aromatic rings. The topological polar surface area (TPSA) is 36.7 Å². The van der Waals surface area contributed by atoms with Crippen LogP contribution in [0.25, 0.3) is 0 Å². The van der Waals surface area contributed by atoms with E-state index in [1.54, 1.807) is 12.4 Å². The number of allylic oxidation sites excluding steroid dienone is 2. The molecule has 13 heavy (non-hydrogen) atoms. The van der Waals surface area contributed by atoms with Gasteiger partial charge in [-0.2, -0.15) is 5.26 Å². The number of hydrogen-bond donors (Lipinski definition) is 0. The molecule has 1 aromatic heterocycles. The number of nitrogens with zero attached hydrogens (tertiary/aromatic N) is 2. The van der Waals surface area contributed by atoms with Crippen LogP contribution in [0, 0.1) is 11.3 Å². The zero-order valence-electron chi connectivity index (χ0n) is 7.27. The summed E-state index contributed by atoms with van der Waals surface area (Å²) in [5.41, 5.74) is 1.82. The summed E-state index contributed by atoms with van der Waals surface area (Å²) in [5.74, 6) is 0.428. The minimum atomic E-state index is 0.428. The molecule has 0 fully saturated rings. The standard InChI is InChI=1S/C11H10N2/c12-7-10-8-13-6-5-11(10)9-3-1-2-4-9/h1,3,5-6,8-9H,2,4H2. The first-order valence-electron chi connectivity index (χ1n) is 4.42. The highest BCUT2D eigenvalue weighted by Crippen LogP contribution is 2.29. The average Bonchev–Trinajstić information content (AvgIpc) is 2.70. The third-order valence-electron chi connectivity index (χ3n) is 2.39. The fraction of sp³-hybridized carbons (Fsp3) is 0.273. The Hall–Kier alpha value is -1.62. The molecule has 0 bridgehead atoms. The van der Waals surface area contributed by atoms with Crippen molar-refractivity contribution < 1.29 is 0 Å². The molecule has 1 unspecified atom stereocenters. The number of pyridine rings is 1. The largest absolute Gasteiger partial charge is 0.263 e. The molecule has 0 saturated heterocycles. The van der Waals surface area contributed by atoms with Gasteiger partial charge in [0.1, 0.15) is 6.07 Å². The average molecular weight is 170 g/mol. The van der Waals surface area contributed by atoms with Crippen molar-refractivity contribution in [3.63, 3.8) is 0 Å². The van der Waals surface area contributed by atoms with Gasteiger partial charge in [0, 0.05) is 18.3 Å². The number of aromatic nitrogens is 1. The summed E-state index contributed by atoms with van der Waals surface area (Å²) in [4.78, 5) is 3.94. The van der Waals surface area contributed by atoms with Gasteiger partial charge in [0.05, 0.1) is 5.56 Å². The van der Waals surface area contributed by atoms with Crippen LogP contribution in [0.3, 0.4) is 0 Å². The van der Waals surface area contributed by atoms with E-state index in [9.17, 15) is 0 Å². The summed E-state index contributed by atoms with van der Waals surface area (Å²) in [7, 11) is 0. The van der Waals surface area contributed by atoms with Crippen molar-refractivity contribution in [1.29, 1.82) is 5.26 Å². The maximum atomic E-state index is 8.86. The lowest BCUT2D eigenvalue weighted by Crippen LogP contribution is -1.95. The lowest BCUT2D eigenvalue weighted by molar-refractivity contribution is 0.796. The zero-order valence-corrected chi connectivity index (χ0v) is 7.27. The van der Waals surface area contributed by atoms with E-state index in [2.05, 4.69) is 23.2 Å². The van der Waals surface area contributed by atoms with E-state index in [0.717, 1.165) is 18.4 Å². The minimum absolute atomic E-state index is 0.428. The molecule has 0 spiro atoms. The summed E-state index contributed by atoms with van der Waals surface area (Å²) in [5, 5.41) is 8.86. The van der Waals surface area contributed by atoms with Gasteiger partial charge in [0.15, 0.2) is 0 Å². The molecule has 2 rings (SSSR count). The second-order valence-electron chi connectivity index (χ2n) is 3.19. The molecule has 0 saturated carbocycles. The molecule has 2 heteroatoms. The Morgan fingerprint density at radius 2 is 2.46 bits per heavy atom. The van der Waals surface area contributed by atoms with Crippen LogP contribution in [0.15, 0.2) is 30.6 Å². The normalized spacial score (nSPS) is 20.1. The highest BCUT2D eigenvalue weighted by molar-refractivity contribution is 5.39. The third-order valence-corrected chi connectivity index (χ3v) is 2.39. The summed E-state index contributed by atoms with van der Waals surface area (Å²) in [6.07, 6.45) is 9.99. The van der Waals surface area contributed by atoms with E-state index in [4.69, 9.17) is 5.26 Å². The van der Waals surface area contributed by atoms with Gasteiger partial charge in [0.2, 0.25) is 0 Å². The van der Waals surface area contributed by atoms with E-state index in [1.807, 2.05) is 6.07 Å². The van der Waals surface area contributed by atoms with Crippen molar-refractivity contribution in [2.24, 2.45) is 0 Å². The van der Waals surface area contributed by atoms with Crippen molar-refractivity contribution in [3.8, 4) is 6.07 Å². The van der Waals surface area contributed by atoms with Crippen LogP contribution in [-0.2, 0) is 0 Å². The number of rotatable bonds is 1. The van der Waals surface area contributed by atoms with Crippen LogP contribution in [0.4, 0.5) is 0 Å². The molecule has 0 aliphatic heterocycles. The van der Waals surface area contributed by atoms with Crippen LogP contribution in [0.1, 0.15) is 29.9 Å². The third kappa shape index (κ3) is 1.46. The van der Waals surface area contributed by atoms with Crippen molar-refractivity contribution in [3.05, 3.63) is 41.7 Å². The Morgan fingerprint density at radius 1 is 1.54 bits per heavy atom. The maximum Gasteiger partial charge on any atom is 0.101 e. The van der Waals surface area contributed by atoms with E-state index < -0.39 is 0 Å². The molecule has 0 amide bonds. The van der Waals surface area contributed by atoms with E-state index in [1.165, 1.54) is 0 Å². The Morgan fingerprint density at radius 3 is 3.15 bits per heavy atom. The van der Waals surface area contributed by atoms with Gasteiger partial charge in [-0.3, -0.25) is 4.98 Å². The molecule has 1 aliphatic rings. The first kappa shape index (κ1) is 8.00. The van der Waals surface area contributed by atoms with Crippen LogP contribution in [-0.4, -0.2) is 4.98 Å². The molecule has 1 heterocycles. The molecule has 0 aromatic carbocycles. The van der Waals surface area contributed by atoms with Crippen LogP contribution >= 0.6 is 0 Å². The number of nitriles is 1. The number of hydrogen-bond acceptors (Lipinski definition) is 2. The highest BCUT2D eigenvalue weighted by Gasteiger charge is 2.14. The van der Waals surface area contributed by atoms with Gasteiger partial charge in [-0.25, -0.2) is 0 Å². The van der Waals surface area contributed by atoms with Crippen LogP contribution in [0.2, 0.25) is 0 Å². The first-order chi connectivity index (χ1) is 6.42. The summed E-state index contributed by atoms with van der Waals surface area (Å²) < 4.78 is 0. The fourth-order valence-electron chi connectivity index (χ4n) is 1.71. The first-order valence-corrected chi connectivity index (χ1v) is 4.42. The molecule has 1 atom stereocenters. The second kappa shape index (κ2) is 3.40. The lowest BCUT2D eigenvalue weighted by atomic mass is 9.96. The van der Waals surface area contributed by atoms with Gasteiger partial charge in [-0.1, -0.05) is 12.2 Å². The van der Waals surface area contributed by atoms with Gasteiger partial charge >= 0.3 is 0 Å². The Labute approximate surface area is 77.5 Å². The summed E-state index contributed by atoms with van der Waals surface area (Å²) in [6, 6.07) is 4.12. The molecule has 0 radical (unpaired) electrons. The van der Waals surface area contributed by atoms with Gasteiger partial charge in [-0.15, -0.1) is 0 Å². The molecular formula is C11H10N2. The molecule has 1 aliphatic carbocycles. The van der Waals surface area contributed by atoms with Gasteiger partial charge in [-0.05, 0) is 24.5 Å². The van der Waals surface area contributed by atoms with Gasteiger partial charge in [0.25, 0.3) is 0 Å².